The van der Waals surface area contributed by atoms with E-state index in [0.29, 0.717) is 18.3 Å². The first-order valence-electron chi connectivity index (χ1n) is 7.82. The predicted molar refractivity (Wildman–Crippen MR) is 85.3 cm³/mol. The fourth-order valence-electron chi connectivity index (χ4n) is 2.79. The van der Waals surface area contributed by atoms with Gasteiger partial charge in [0.05, 0.1) is 18.8 Å². The van der Waals surface area contributed by atoms with Crippen LogP contribution in [0.15, 0.2) is 22.9 Å². The highest BCUT2D eigenvalue weighted by atomic mass is 16.5. The molecule has 3 rings (SSSR count). The van der Waals surface area contributed by atoms with Crippen molar-refractivity contribution in [1.29, 1.82) is 0 Å². The third-order valence-electron chi connectivity index (χ3n) is 4.17. The van der Waals surface area contributed by atoms with Gasteiger partial charge in [-0.1, -0.05) is 19.0 Å². The number of anilines is 1. The van der Waals surface area contributed by atoms with Crippen LogP contribution in [0.25, 0.3) is 11.5 Å². The van der Waals surface area contributed by atoms with Crippen molar-refractivity contribution in [2.45, 2.75) is 38.3 Å². The van der Waals surface area contributed by atoms with Gasteiger partial charge in [-0.2, -0.15) is 4.98 Å². The Morgan fingerprint density at radius 1 is 1.48 bits per heavy atom. The number of hydrogen-bond acceptors (Lipinski definition) is 7. The molecule has 0 amide bonds. The fourth-order valence-corrected chi connectivity index (χ4v) is 2.79. The van der Waals surface area contributed by atoms with Crippen LogP contribution >= 0.6 is 0 Å². The summed E-state index contributed by atoms with van der Waals surface area (Å²) in [6.45, 7) is 4.82. The molecule has 0 aliphatic carbocycles. The van der Waals surface area contributed by atoms with E-state index in [1.54, 1.807) is 13.3 Å². The molecule has 3 heterocycles. The van der Waals surface area contributed by atoms with E-state index in [1.165, 1.54) is 0 Å². The summed E-state index contributed by atoms with van der Waals surface area (Å²) in [5.74, 6) is 2.17. The van der Waals surface area contributed by atoms with Crippen molar-refractivity contribution >= 4 is 5.82 Å². The van der Waals surface area contributed by atoms with Crippen molar-refractivity contribution in [1.82, 2.24) is 15.1 Å². The summed E-state index contributed by atoms with van der Waals surface area (Å²) in [4.78, 5) is 10.9. The van der Waals surface area contributed by atoms with Crippen molar-refractivity contribution in [2.24, 2.45) is 0 Å². The summed E-state index contributed by atoms with van der Waals surface area (Å²) in [5.41, 5.74) is 0.826. The second-order valence-electron chi connectivity index (χ2n) is 6.10. The van der Waals surface area contributed by atoms with E-state index in [4.69, 9.17) is 9.26 Å². The molecular weight excluding hydrogens is 296 g/mol. The lowest BCUT2D eigenvalue weighted by molar-refractivity contribution is 0.115. The van der Waals surface area contributed by atoms with E-state index >= 15 is 0 Å². The zero-order valence-electron chi connectivity index (χ0n) is 13.6. The zero-order chi connectivity index (χ0) is 16.4. The predicted octanol–water partition coefficient (Wildman–Crippen LogP) is 1.84. The van der Waals surface area contributed by atoms with Gasteiger partial charge < -0.3 is 19.3 Å². The summed E-state index contributed by atoms with van der Waals surface area (Å²) in [6, 6.07) is 3.77. The van der Waals surface area contributed by atoms with Gasteiger partial charge >= 0.3 is 0 Å². The molecule has 7 nitrogen and oxygen atoms in total. The summed E-state index contributed by atoms with van der Waals surface area (Å²) >= 11 is 0. The Bertz CT molecular complexity index is 658. The molecule has 0 unspecified atom stereocenters. The van der Waals surface area contributed by atoms with E-state index in [2.05, 4.69) is 20.0 Å². The van der Waals surface area contributed by atoms with E-state index in [9.17, 15) is 5.11 Å². The lowest BCUT2D eigenvalue weighted by atomic mass is 10.2. The molecule has 2 atom stereocenters. The Balaban J connectivity index is 1.87. The average molecular weight is 318 g/mol. The van der Waals surface area contributed by atoms with Gasteiger partial charge in [0, 0.05) is 31.3 Å². The van der Waals surface area contributed by atoms with Crippen LogP contribution in [0.4, 0.5) is 5.82 Å². The lowest BCUT2D eigenvalue weighted by Crippen LogP contribution is -2.33. The molecule has 1 fully saturated rings. The third-order valence-corrected chi connectivity index (χ3v) is 4.17. The molecule has 23 heavy (non-hydrogen) atoms. The van der Waals surface area contributed by atoms with E-state index < -0.39 is 0 Å². The number of aliphatic hydroxyl groups excluding tert-OH is 1. The molecule has 1 N–H and O–H groups in total. The van der Waals surface area contributed by atoms with Gasteiger partial charge in [-0.3, -0.25) is 0 Å². The largest absolute Gasteiger partial charge is 0.394 e. The number of nitrogens with zero attached hydrogens (tertiary/aromatic N) is 4. The fraction of sp³-hybridized carbons (Fsp3) is 0.562. The van der Waals surface area contributed by atoms with Gasteiger partial charge in [0.15, 0.2) is 5.82 Å². The van der Waals surface area contributed by atoms with Crippen LogP contribution in [0.5, 0.6) is 0 Å². The van der Waals surface area contributed by atoms with Crippen LogP contribution in [0.3, 0.4) is 0 Å². The van der Waals surface area contributed by atoms with Crippen molar-refractivity contribution < 1.29 is 14.4 Å². The Morgan fingerprint density at radius 3 is 2.96 bits per heavy atom. The van der Waals surface area contributed by atoms with Gasteiger partial charge in [0.2, 0.25) is 0 Å². The van der Waals surface area contributed by atoms with E-state index in [-0.39, 0.29) is 24.7 Å². The maximum absolute atomic E-state index is 9.60. The van der Waals surface area contributed by atoms with Crippen molar-refractivity contribution in [3.8, 4) is 11.5 Å². The number of aromatic nitrogens is 3. The smallest absolute Gasteiger partial charge is 0.258 e. The average Bonchev–Trinajstić information content (AvgIpc) is 3.22. The first-order valence-corrected chi connectivity index (χ1v) is 7.82. The summed E-state index contributed by atoms with van der Waals surface area (Å²) in [6.07, 6.45) is 2.61. The van der Waals surface area contributed by atoms with Crippen molar-refractivity contribution in [3.05, 3.63) is 24.2 Å². The molecule has 1 aliphatic rings. The second-order valence-corrected chi connectivity index (χ2v) is 6.10. The number of hydrogen-bond donors (Lipinski definition) is 1. The Labute approximate surface area is 135 Å². The summed E-state index contributed by atoms with van der Waals surface area (Å²) in [5, 5.41) is 13.6. The monoisotopic (exact) mass is 318 g/mol. The number of aliphatic hydroxyl groups is 1. The minimum absolute atomic E-state index is 0.0108. The first-order chi connectivity index (χ1) is 11.1. The molecule has 7 heteroatoms. The molecule has 0 spiro atoms. The van der Waals surface area contributed by atoms with Crippen LogP contribution in [0, 0.1) is 0 Å². The highest BCUT2D eigenvalue weighted by Gasteiger charge is 2.32. The maximum Gasteiger partial charge on any atom is 0.258 e. The molecule has 0 aromatic carbocycles. The highest BCUT2D eigenvalue weighted by Crippen LogP contribution is 2.28. The Kier molecular flexibility index (Phi) is 4.58. The van der Waals surface area contributed by atoms with Crippen LogP contribution < -0.4 is 4.90 Å². The van der Waals surface area contributed by atoms with Crippen LogP contribution in [-0.2, 0) is 4.74 Å². The molecule has 124 valence electrons. The summed E-state index contributed by atoms with van der Waals surface area (Å²) < 4.78 is 10.8. The number of methoxy groups -OCH3 is 1. The highest BCUT2D eigenvalue weighted by molar-refractivity contribution is 5.59. The number of ether oxygens (including phenoxy) is 1. The Hall–Kier alpha value is -1.99. The Morgan fingerprint density at radius 2 is 2.30 bits per heavy atom. The van der Waals surface area contributed by atoms with Crippen molar-refractivity contribution in [2.75, 3.05) is 25.2 Å². The van der Waals surface area contributed by atoms with E-state index in [1.807, 2.05) is 26.0 Å². The van der Waals surface area contributed by atoms with E-state index in [0.717, 1.165) is 17.8 Å². The normalized spacial score (nSPS) is 21.3. The maximum atomic E-state index is 9.60. The lowest BCUT2D eigenvalue weighted by Gasteiger charge is -2.23. The second kappa shape index (κ2) is 6.64. The SMILES string of the molecule is CO[C@H]1C[C@@H](CO)N(c2cc(-c3nc(C(C)C)no3)ccn2)C1. The number of rotatable bonds is 5. The minimum Gasteiger partial charge on any atom is -0.394 e. The molecular formula is C16H22N4O3. The molecule has 2 aromatic heterocycles. The standard InChI is InChI=1S/C16H22N4O3/c1-10(2)15-18-16(23-19-15)11-4-5-17-14(6-11)20-8-13(22-3)7-12(20)9-21/h4-6,10,12-13,21H,7-9H2,1-3H3/t12-,13-/m0/s1. The molecule has 0 saturated carbocycles. The first kappa shape index (κ1) is 15.9. The number of pyridine rings is 1. The topological polar surface area (TPSA) is 84.5 Å². The molecule has 1 saturated heterocycles. The van der Waals surface area contributed by atoms with Gasteiger partial charge in [-0.25, -0.2) is 4.98 Å². The molecule has 0 radical (unpaired) electrons. The van der Waals surface area contributed by atoms with Gasteiger partial charge in [-0.15, -0.1) is 0 Å². The van der Waals surface area contributed by atoms with Crippen LogP contribution in [-0.4, -0.2) is 52.6 Å². The third kappa shape index (κ3) is 3.20. The molecule has 2 aromatic rings. The quantitative estimate of drug-likeness (QED) is 0.900. The van der Waals surface area contributed by atoms with Gasteiger partial charge in [-0.05, 0) is 18.6 Å². The van der Waals surface area contributed by atoms with Crippen LogP contribution in [0.1, 0.15) is 32.0 Å². The summed E-state index contributed by atoms with van der Waals surface area (Å²) in [7, 11) is 1.69. The molecule has 0 bridgehead atoms. The van der Waals surface area contributed by atoms with Crippen LogP contribution in [0.2, 0.25) is 0 Å². The van der Waals surface area contributed by atoms with Gasteiger partial charge in [0.1, 0.15) is 5.82 Å². The minimum atomic E-state index is 0.0108. The molecule has 1 aliphatic heterocycles. The van der Waals surface area contributed by atoms with Crippen molar-refractivity contribution in [3.63, 3.8) is 0 Å². The zero-order valence-corrected chi connectivity index (χ0v) is 13.6. The van der Waals surface area contributed by atoms with Gasteiger partial charge in [0.25, 0.3) is 5.89 Å².